The fourth-order valence-electron chi connectivity index (χ4n) is 2.64. The molecule has 0 aliphatic carbocycles. The first-order valence-corrected chi connectivity index (χ1v) is 8.20. The van der Waals surface area contributed by atoms with E-state index < -0.39 is 0 Å². The lowest BCUT2D eigenvalue weighted by Gasteiger charge is -2.40. The summed E-state index contributed by atoms with van der Waals surface area (Å²) in [4.78, 5) is 0. The summed E-state index contributed by atoms with van der Waals surface area (Å²) in [6, 6.07) is 8.49. The summed E-state index contributed by atoms with van der Waals surface area (Å²) < 4.78 is 22.6. The maximum absolute atomic E-state index is 6.03. The maximum atomic E-state index is 6.03. The summed E-state index contributed by atoms with van der Waals surface area (Å²) in [5, 5.41) is 0. The van der Waals surface area contributed by atoms with Gasteiger partial charge in [-0.15, -0.1) is 0 Å². The minimum absolute atomic E-state index is 0.0560. The molecule has 0 unspecified atom stereocenters. The molecule has 1 aromatic carbocycles. The van der Waals surface area contributed by atoms with Crippen LogP contribution in [0.1, 0.15) is 37.8 Å². The Hall–Kier alpha value is -0.940. The summed E-state index contributed by atoms with van der Waals surface area (Å²) >= 11 is 0. The van der Waals surface area contributed by atoms with E-state index in [1.165, 1.54) is 11.1 Å². The van der Waals surface area contributed by atoms with Crippen LogP contribution in [0.5, 0.6) is 0 Å². The van der Waals surface area contributed by atoms with Gasteiger partial charge in [-0.05, 0) is 24.0 Å². The average Bonchev–Trinajstić information content (AvgIpc) is 2.47. The summed E-state index contributed by atoms with van der Waals surface area (Å²) in [5.41, 5.74) is 2.28. The Bertz CT molecular complexity index is 418. The summed E-state index contributed by atoms with van der Waals surface area (Å²) in [6.45, 7) is 8.46. The van der Waals surface area contributed by atoms with Gasteiger partial charge in [0.05, 0.1) is 39.6 Å². The van der Waals surface area contributed by atoms with Gasteiger partial charge in [0.1, 0.15) is 11.2 Å². The minimum Gasteiger partial charge on any atom is -0.375 e. The van der Waals surface area contributed by atoms with Crippen molar-refractivity contribution in [1.82, 2.24) is 0 Å². The predicted octanol–water partition coefficient (Wildman–Crippen LogP) is 3.08. The smallest absolute Gasteiger partial charge is 0.115 e. The molecular weight excluding hydrogens is 280 g/mol. The normalized spacial score (nSPS) is 21.9. The summed E-state index contributed by atoms with van der Waals surface area (Å²) in [7, 11) is 0. The number of hydrogen-bond acceptors (Lipinski definition) is 4. The predicted molar refractivity (Wildman–Crippen MR) is 83.7 cm³/mol. The van der Waals surface area contributed by atoms with E-state index in [2.05, 4.69) is 38.1 Å². The molecule has 4 heteroatoms. The van der Waals surface area contributed by atoms with Gasteiger partial charge in [-0.2, -0.15) is 0 Å². The third kappa shape index (κ3) is 3.35. The van der Waals surface area contributed by atoms with Gasteiger partial charge in [0.25, 0.3) is 0 Å². The Labute approximate surface area is 132 Å². The standard InChI is InChI=1S/C18H26O4/c1-3-17(11-19-12-17)21-9-15-5-7-16(8-6-15)10-22-18(4-2)13-20-14-18/h5-8H,3-4,9-14H2,1-2H3. The monoisotopic (exact) mass is 306 g/mol. The SMILES string of the molecule is CCC1(OCc2ccc(COC3(CC)COC3)cc2)COC1. The zero-order valence-corrected chi connectivity index (χ0v) is 13.6. The van der Waals surface area contributed by atoms with Crippen LogP contribution in [0.15, 0.2) is 24.3 Å². The molecule has 0 N–H and O–H groups in total. The van der Waals surface area contributed by atoms with Crippen molar-refractivity contribution in [3.8, 4) is 0 Å². The molecule has 2 saturated heterocycles. The van der Waals surface area contributed by atoms with Gasteiger partial charge in [-0.25, -0.2) is 0 Å². The van der Waals surface area contributed by atoms with Crippen molar-refractivity contribution >= 4 is 0 Å². The molecule has 3 rings (SSSR count). The van der Waals surface area contributed by atoms with Crippen LogP contribution in [-0.4, -0.2) is 37.6 Å². The second-order valence-electron chi connectivity index (χ2n) is 6.45. The molecule has 0 saturated carbocycles. The number of hydrogen-bond donors (Lipinski definition) is 0. The molecule has 122 valence electrons. The number of rotatable bonds is 8. The van der Waals surface area contributed by atoms with E-state index in [0.29, 0.717) is 13.2 Å². The molecule has 0 radical (unpaired) electrons. The summed E-state index contributed by atoms with van der Waals surface area (Å²) in [6.07, 6.45) is 2.00. The third-order valence-corrected chi connectivity index (χ3v) is 4.86. The highest BCUT2D eigenvalue weighted by Crippen LogP contribution is 2.28. The minimum atomic E-state index is -0.0560. The quantitative estimate of drug-likeness (QED) is 0.739. The van der Waals surface area contributed by atoms with Gasteiger partial charge < -0.3 is 18.9 Å². The van der Waals surface area contributed by atoms with E-state index in [4.69, 9.17) is 18.9 Å². The van der Waals surface area contributed by atoms with Crippen molar-refractivity contribution in [2.24, 2.45) is 0 Å². The summed E-state index contributed by atoms with van der Waals surface area (Å²) in [5.74, 6) is 0. The Morgan fingerprint density at radius 1 is 0.773 bits per heavy atom. The molecule has 0 spiro atoms. The highest BCUT2D eigenvalue weighted by molar-refractivity contribution is 5.21. The molecule has 0 bridgehead atoms. The fourth-order valence-corrected chi connectivity index (χ4v) is 2.64. The van der Waals surface area contributed by atoms with Crippen LogP contribution in [-0.2, 0) is 32.2 Å². The zero-order valence-electron chi connectivity index (χ0n) is 13.6. The van der Waals surface area contributed by atoms with Crippen LogP contribution < -0.4 is 0 Å². The largest absolute Gasteiger partial charge is 0.375 e. The highest BCUT2D eigenvalue weighted by Gasteiger charge is 2.38. The van der Waals surface area contributed by atoms with E-state index in [0.717, 1.165) is 39.3 Å². The topological polar surface area (TPSA) is 36.9 Å². The Balaban J connectivity index is 1.47. The van der Waals surface area contributed by atoms with E-state index in [-0.39, 0.29) is 11.2 Å². The molecular formula is C18H26O4. The number of ether oxygens (including phenoxy) is 4. The van der Waals surface area contributed by atoms with E-state index in [1.54, 1.807) is 0 Å². The van der Waals surface area contributed by atoms with Crippen LogP contribution in [0.4, 0.5) is 0 Å². The van der Waals surface area contributed by atoms with E-state index in [9.17, 15) is 0 Å². The lowest BCUT2D eigenvalue weighted by Crippen LogP contribution is -2.51. The molecule has 0 aromatic heterocycles. The van der Waals surface area contributed by atoms with Crippen molar-refractivity contribution in [2.75, 3.05) is 26.4 Å². The Morgan fingerprint density at radius 2 is 1.14 bits per heavy atom. The average molecular weight is 306 g/mol. The molecule has 0 atom stereocenters. The molecule has 0 amide bonds. The molecule has 1 aromatic rings. The Kier molecular flexibility index (Phi) is 4.83. The molecule has 2 aliphatic heterocycles. The zero-order chi connectivity index (χ0) is 15.5. The first kappa shape index (κ1) is 15.9. The molecule has 2 heterocycles. The van der Waals surface area contributed by atoms with Gasteiger partial charge in [0.15, 0.2) is 0 Å². The van der Waals surface area contributed by atoms with E-state index in [1.807, 2.05) is 0 Å². The van der Waals surface area contributed by atoms with Gasteiger partial charge >= 0.3 is 0 Å². The van der Waals surface area contributed by atoms with Crippen molar-refractivity contribution < 1.29 is 18.9 Å². The molecule has 2 aliphatic rings. The van der Waals surface area contributed by atoms with Crippen molar-refractivity contribution in [1.29, 1.82) is 0 Å². The second-order valence-corrected chi connectivity index (χ2v) is 6.45. The van der Waals surface area contributed by atoms with Crippen molar-refractivity contribution in [3.63, 3.8) is 0 Å². The highest BCUT2D eigenvalue weighted by atomic mass is 16.6. The fraction of sp³-hybridized carbons (Fsp3) is 0.667. The van der Waals surface area contributed by atoms with Crippen LogP contribution in [0.3, 0.4) is 0 Å². The van der Waals surface area contributed by atoms with Gasteiger partial charge in [-0.3, -0.25) is 0 Å². The van der Waals surface area contributed by atoms with Crippen LogP contribution >= 0.6 is 0 Å². The molecule has 2 fully saturated rings. The third-order valence-electron chi connectivity index (χ3n) is 4.86. The van der Waals surface area contributed by atoms with Crippen LogP contribution in [0.25, 0.3) is 0 Å². The first-order chi connectivity index (χ1) is 10.7. The van der Waals surface area contributed by atoms with Crippen LogP contribution in [0, 0.1) is 0 Å². The van der Waals surface area contributed by atoms with Crippen molar-refractivity contribution in [2.45, 2.75) is 51.1 Å². The first-order valence-electron chi connectivity index (χ1n) is 8.20. The maximum Gasteiger partial charge on any atom is 0.115 e. The lowest BCUT2D eigenvalue weighted by molar-refractivity contribution is -0.216. The van der Waals surface area contributed by atoms with Gasteiger partial charge in [0, 0.05) is 0 Å². The Morgan fingerprint density at radius 3 is 1.36 bits per heavy atom. The van der Waals surface area contributed by atoms with Crippen molar-refractivity contribution in [3.05, 3.63) is 35.4 Å². The molecule has 4 nitrogen and oxygen atoms in total. The molecule has 22 heavy (non-hydrogen) atoms. The van der Waals surface area contributed by atoms with E-state index >= 15 is 0 Å². The van der Waals surface area contributed by atoms with Crippen LogP contribution in [0.2, 0.25) is 0 Å². The van der Waals surface area contributed by atoms with Gasteiger partial charge in [-0.1, -0.05) is 38.1 Å². The lowest BCUT2D eigenvalue weighted by atomic mass is 9.98. The second kappa shape index (κ2) is 6.67. The number of benzene rings is 1. The van der Waals surface area contributed by atoms with Gasteiger partial charge in [0.2, 0.25) is 0 Å².